The highest BCUT2D eigenvalue weighted by Gasteiger charge is 2.57. The van der Waals surface area contributed by atoms with Gasteiger partial charge in [0.2, 0.25) is 0 Å². The van der Waals surface area contributed by atoms with Crippen LogP contribution < -0.4 is 19.6 Å². The smallest absolute Gasteiger partial charge is 0.140 e. The Morgan fingerprint density at radius 1 is 0.164 bits per heavy atom. The fourth-order valence-corrected chi connectivity index (χ4v) is 22.9. The Morgan fingerprint density at radius 3 is 1.04 bits per heavy atom. The van der Waals surface area contributed by atoms with Gasteiger partial charge >= 0.3 is 0 Å². The second-order valence-electron chi connectivity index (χ2n) is 35.6. The van der Waals surface area contributed by atoms with E-state index in [1.165, 1.54) is 93.9 Å². The van der Waals surface area contributed by atoms with Gasteiger partial charge in [-0.05, 0) is 263 Å². The van der Waals surface area contributed by atoms with Crippen molar-refractivity contribution in [2.24, 2.45) is 0 Å². The predicted molar refractivity (Wildman–Crippen MR) is 554 cm³/mol. The first kappa shape index (κ1) is 76.5. The largest absolute Gasteiger partial charge is 0.456 e. The van der Waals surface area contributed by atoms with Crippen LogP contribution in [0.2, 0.25) is 0 Å². The van der Waals surface area contributed by atoms with Gasteiger partial charge in [0.15, 0.2) is 0 Å². The van der Waals surface area contributed by atoms with Crippen LogP contribution in [0.15, 0.2) is 506 Å². The zero-order valence-corrected chi connectivity index (χ0v) is 72.9. The lowest BCUT2D eigenvalue weighted by Gasteiger charge is -2.33. The number of fused-ring (bicyclic) bond motifs is 26. The van der Waals surface area contributed by atoms with Crippen molar-refractivity contribution in [2.75, 3.05) is 19.6 Å². The van der Waals surface area contributed by atoms with E-state index >= 15 is 0 Å². The number of hydrogen-bond acceptors (Lipinski definition) is 6. The molecule has 2 unspecified atom stereocenters. The number of para-hydroxylation sites is 5. The molecule has 6 nitrogen and oxygen atoms in total. The maximum Gasteiger partial charge on any atom is 0.140 e. The number of rotatable bonds is 16. The van der Waals surface area contributed by atoms with Crippen LogP contribution in [0, 0.1) is 0 Å². The average Bonchev–Trinajstić information content (AvgIpc) is 1.50. The number of furan rings is 2. The van der Waals surface area contributed by atoms with Crippen LogP contribution in [0.4, 0.5) is 68.2 Å². The van der Waals surface area contributed by atoms with E-state index in [0.29, 0.717) is 0 Å². The monoisotopic (exact) mass is 1710 g/mol. The summed E-state index contributed by atoms with van der Waals surface area (Å²) in [7, 11) is 0. The molecule has 2 atom stereocenters. The third kappa shape index (κ3) is 11.7. The first-order valence-corrected chi connectivity index (χ1v) is 46.2. The second-order valence-corrected chi connectivity index (χ2v) is 35.6. The minimum atomic E-state index is -0.767. The van der Waals surface area contributed by atoms with E-state index in [0.717, 1.165) is 152 Å². The highest BCUT2D eigenvalue weighted by molar-refractivity contribution is 6.10. The van der Waals surface area contributed by atoms with E-state index in [4.69, 9.17) is 8.83 Å². The van der Waals surface area contributed by atoms with E-state index in [9.17, 15) is 0 Å². The van der Waals surface area contributed by atoms with Gasteiger partial charge in [-0.15, -0.1) is 0 Å². The molecule has 6 heteroatoms. The Bertz CT molecular complexity index is 8630. The van der Waals surface area contributed by atoms with E-state index < -0.39 is 10.8 Å². The molecule has 0 amide bonds. The predicted octanol–water partition coefficient (Wildman–Crippen LogP) is 34.7. The molecule has 626 valence electrons. The van der Waals surface area contributed by atoms with E-state index in [1.807, 2.05) is 0 Å². The molecule has 2 aromatic heterocycles. The van der Waals surface area contributed by atoms with Gasteiger partial charge in [-0.3, -0.25) is 0 Å². The SMILES string of the molecule is c1ccc(-c2ccc(N(c3ccc(-c4cccc(-c5cccc(-c6ccc(N(c7ccccc7)c7ccc8c(c7)C7(c9ccccc9-c9c(N(c%10ccccc%10)c%10cccc%11ccccc%10%11)cccc97)c7c-8oc8ccccc78)cc6)c5)c4)cc3)c3ccc4c(c3)C3(c5ccccc5-4)c4ccc(N(c5ccccc5)c5cccc6ccccc56)cc4-c4oc5ccccc5c43)cc2)cc1. The van der Waals surface area contributed by atoms with Crippen LogP contribution in [0.3, 0.4) is 0 Å². The van der Waals surface area contributed by atoms with Gasteiger partial charge in [0.1, 0.15) is 22.7 Å². The molecule has 0 aliphatic heterocycles. The van der Waals surface area contributed by atoms with E-state index in [1.54, 1.807) is 0 Å². The van der Waals surface area contributed by atoms with Gasteiger partial charge in [0.05, 0.1) is 27.9 Å². The number of hydrogen-bond donors (Lipinski definition) is 0. The number of benzene rings is 21. The Balaban J connectivity index is 0.535. The summed E-state index contributed by atoms with van der Waals surface area (Å²) in [5, 5.41) is 6.94. The van der Waals surface area contributed by atoms with Crippen LogP contribution in [0.5, 0.6) is 0 Å². The quantitative estimate of drug-likeness (QED) is 0.0960. The first-order valence-electron chi connectivity index (χ1n) is 46.2. The molecular weight excluding hydrogens is 1630 g/mol. The summed E-state index contributed by atoms with van der Waals surface area (Å²) in [6, 6.07) is 183. The summed E-state index contributed by atoms with van der Waals surface area (Å²) >= 11 is 0. The topological polar surface area (TPSA) is 39.2 Å². The zero-order chi connectivity index (χ0) is 88.1. The van der Waals surface area contributed by atoms with Crippen LogP contribution in [0.1, 0.15) is 44.5 Å². The summed E-state index contributed by atoms with van der Waals surface area (Å²) in [6.07, 6.45) is 0. The summed E-state index contributed by atoms with van der Waals surface area (Å²) in [5.41, 5.74) is 38.7. The standard InChI is InChI=1S/C128H82N4O2/c1-5-30-83(31-6-1)84-60-66-97(67-61-84)130(100-72-75-105-104-48-17-21-52-111(104)127(115(105)81-100)113-77-74-99(80-110(113)126-124(127)109-51-20-24-59-121(109)134-126)131(94-42-9-3-10-43-94)117-55-27-34-87-32-13-15-46-102(87)117)98-70-64-86(65-71-98)90-37-26-39-92(79-90)91-38-25-36-89(78-91)85-62-68-96(69-63-85)129(93-40-7-2-8-41-93)101-73-76-107-116(82-101)128(123-108-50-19-23-58-120(108)133-125(107)123)112-53-22-18-49-106(112)122-114(128)54-29-57-119(122)132(95-44-11-4-12-45-95)118-56-28-35-88-33-14-16-47-103(88)118/h1-82H. The third-order valence-electron chi connectivity index (χ3n) is 28.6. The molecule has 4 aliphatic rings. The molecule has 0 saturated heterocycles. The maximum absolute atomic E-state index is 7.31. The molecule has 0 radical (unpaired) electrons. The van der Waals surface area contributed by atoms with Crippen molar-refractivity contribution in [3.05, 3.63) is 542 Å². The normalized spacial score (nSPS) is 14.3. The van der Waals surface area contributed by atoms with Crippen molar-refractivity contribution in [1.29, 1.82) is 0 Å². The Morgan fingerprint density at radius 2 is 0.485 bits per heavy atom. The molecule has 23 aromatic rings. The van der Waals surface area contributed by atoms with Crippen molar-refractivity contribution in [3.8, 4) is 89.4 Å². The second kappa shape index (κ2) is 30.5. The van der Waals surface area contributed by atoms with Crippen molar-refractivity contribution < 1.29 is 8.83 Å². The summed E-state index contributed by atoms with van der Waals surface area (Å²) < 4.78 is 14.5. The van der Waals surface area contributed by atoms with Crippen molar-refractivity contribution in [2.45, 2.75) is 10.8 Å². The van der Waals surface area contributed by atoms with E-state index in [-0.39, 0.29) is 0 Å². The highest BCUT2D eigenvalue weighted by Crippen LogP contribution is 2.69. The molecule has 0 fully saturated rings. The maximum atomic E-state index is 7.31. The molecule has 21 aromatic carbocycles. The zero-order valence-electron chi connectivity index (χ0n) is 72.9. The first-order chi connectivity index (χ1) is 66.5. The number of nitrogens with zero attached hydrogens (tertiary/aromatic N) is 4. The van der Waals surface area contributed by atoms with E-state index in [2.05, 4.69) is 517 Å². The summed E-state index contributed by atoms with van der Waals surface area (Å²) in [5.74, 6) is 1.81. The molecule has 27 rings (SSSR count). The van der Waals surface area contributed by atoms with Crippen LogP contribution in [-0.2, 0) is 10.8 Å². The Labute approximate surface area is 777 Å². The van der Waals surface area contributed by atoms with Crippen molar-refractivity contribution >= 4 is 112 Å². The molecule has 134 heavy (non-hydrogen) atoms. The lowest BCUT2D eigenvalue weighted by atomic mass is 9.70. The van der Waals surface area contributed by atoms with Gasteiger partial charge in [0.25, 0.3) is 0 Å². The molecule has 2 heterocycles. The van der Waals surface area contributed by atoms with Crippen molar-refractivity contribution in [1.82, 2.24) is 0 Å². The van der Waals surface area contributed by atoms with Gasteiger partial charge in [-0.2, -0.15) is 0 Å². The molecule has 4 aliphatic carbocycles. The minimum Gasteiger partial charge on any atom is -0.456 e. The number of anilines is 12. The fraction of sp³-hybridized carbons (Fsp3) is 0.0156. The van der Waals surface area contributed by atoms with Gasteiger partial charge in [0, 0.05) is 101 Å². The molecule has 0 saturated carbocycles. The molecule has 0 N–H and O–H groups in total. The molecule has 2 spiro atoms. The summed E-state index contributed by atoms with van der Waals surface area (Å²) in [6.45, 7) is 0. The Kier molecular flexibility index (Phi) is 17.4. The minimum absolute atomic E-state index is 0.750. The average molecular weight is 1710 g/mol. The fourth-order valence-electron chi connectivity index (χ4n) is 22.9. The van der Waals surface area contributed by atoms with Crippen LogP contribution in [-0.4, -0.2) is 0 Å². The third-order valence-corrected chi connectivity index (χ3v) is 28.6. The highest BCUT2D eigenvalue weighted by atomic mass is 16.3. The lowest BCUT2D eigenvalue weighted by Crippen LogP contribution is -2.26. The Hall–Kier alpha value is -17.6. The van der Waals surface area contributed by atoms with Crippen LogP contribution >= 0.6 is 0 Å². The van der Waals surface area contributed by atoms with Gasteiger partial charge in [-0.25, -0.2) is 0 Å². The van der Waals surface area contributed by atoms with Gasteiger partial charge < -0.3 is 28.4 Å². The van der Waals surface area contributed by atoms with Gasteiger partial charge in [-0.1, -0.05) is 340 Å². The molecule has 0 bridgehead atoms. The molecular formula is C128H82N4O2. The van der Waals surface area contributed by atoms with Crippen LogP contribution in [0.25, 0.3) is 133 Å². The summed E-state index contributed by atoms with van der Waals surface area (Å²) in [4.78, 5) is 9.74. The van der Waals surface area contributed by atoms with Crippen molar-refractivity contribution in [3.63, 3.8) is 0 Å². The lowest BCUT2D eigenvalue weighted by molar-refractivity contribution is 0.628.